The second-order valence-corrected chi connectivity index (χ2v) is 4.85. The average molecular weight is 322 g/mol. The zero-order valence-corrected chi connectivity index (χ0v) is 12.6. The van der Waals surface area contributed by atoms with Crippen LogP contribution in [0.15, 0.2) is 76.0 Å². The first kappa shape index (κ1) is 15.4. The molecular formula is C18H14N2O4. The Morgan fingerprint density at radius 2 is 1.50 bits per heavy atom. The second-order valence-electron chi connectivity index (χ2n) is 4.85. The molecule has 0 fully saturated rings. The SMILES string of the molecule is O=C(/C=C/c1ccco1)Nc1ccc(NC(=O)c2ccco2)cc1. The van der Waals surface area contributed by atoms with E-state index in [1.54, 1.807) is 54.6 Å². The van der Waals surface area contributed by atoms with Gasteiger partial charge in [-0.15, -0.1) is 0 Å². The molecule has 120 valence electrons. The largest absolute Gasteiger partial charge is 0.465 e. The zero-order valence-electron chi connectivity index (χ0n) is 12.6. The van der Waals surface area contributed by atoms with Gasteiger partial charge in [-0.2, -0.15) is 0 Å². The van der Waals surface area contributed by atoms with Gasteiger partial charge in [0.2, 0.25) is 5.91 Å². The molecule has 2 heterocycles. The van der Waals surface area contributed by atoms with Crippen molar-refractivity contribution in [2.24, 2.45) is 0 Å². The molecule has 0 radical (unpaired) electrons. The minimum absolute atomic E-state index is 0.232. The van der Waals surface area contributed by atoms with Crippen LogP contribution in [0, 0.1) is 0 Å². The van der Waals surface area contributed by atoms with Crippen molar-refractivity contribution in [1.29, 1.82) is 0 Å². The van der Waals surface area contributed by atoms with Crippen molar-refractivity contribution in [2.45, 2.75) is 0 Å². The van der Waals surface area contributed by atoms with E-state index in [9.17, 15) is 9.59 Å². The van der Waals surface area contributed by atoms with Gasteiger partial charge >= 0.3 is 0 Å². The summed E-state index contributed by atoms with van der Waals surface area (Å²) in [5.74, 6) is 0.216. The summed E-state index contributed by atoms with van der Waals surface area (Å²) in [6.45, 7) is 0. The van der Waals surface area contributed by atoms with Crippen LogP contribution >= 0.6 is 0 Å². The van der Waals surface area contributed by atoms with Crippen molar-refractivity contribution in [2.75, 3.05) is 10.6 Å². The highest BCUT2D eigenvalue weighted by Crippen LogP contribution is 2.15. The number of carbonyl (C=O) groups excluding carboxylic acids is 2. The average Bonchev–Trinajstić information content (AvgIpc) is 3.28. The highest BCUT2D eigenvalue weighted by Gasteiger charge is 2.08. The van der Waals surface area contributed by atoms with E-state index in [1.807, 2.05) is 0 Å². The van der Waals surface area contributed by atoms with Crippen LogP contribution in [0.4, 0.5) is 11.4 Å². The minimum Gasteiger partial charge on any atom is -0.465 e. The summed E-state index contributed by atoms with van der Waals surface area (Å²) in [5, 5.41) is 5.41. The summed E-state index contributed by atoms with van der Waals surface area (Å²) in [5.41, 5.74) is 1.21. The molecule has 0 aliphatic heterocycles. The number of carbonyl (C=O) groups is 2. The van der Waals surface area contributed by atoms with E-state index < -0.39 is 0 Å². The monoisotopic (exact) mass is 322 g/mol. The van der Waals surface area contributed by atoms with Crippen molar-refractivity contribution >= 4 is 29.3 Å². The third-order valence-electron chi connectivity index (χ3n) is 3.10. The van der Waals surface area contributed by atoms with Gasteiger partial charge in [0.25, 0.3) is 5.91 Å². The quantitative estimate of drug-likeness (QED) is 0.700. The fourth-order valence-electron chi connectivity index (χ4n) is 1.97. The number of anilines is 2. The van der Waals surface area contributed by atoms with Crippen LogP contribution in [-0.2, 0) is 4.79 Å². The predicted octanol–water partition coefficient (Wildman–Crippen LogP) is 3.78. The lowest BCUT2D eigenvalue weighted by molar-refractivity contribution is -0.111. The summed E-state index contributed by atoms with van der Waals surface area (Å²) < 4.78 is 10.1. The lowest BCUT2D eigenvalue weighted by atomic mass is 10.2. The molecule has 2 N–H and O–H groups in total. The predicted molar refractivity (Wildman–Crippen MR) is 89.5 cm³/mol. The molecule has 1 aromatic carbocycles. The van der Waals surface area contributed by atoms with Crippen LogP contribution < -0.4 is 10.6 Å². The molecule has 2 aromatic heterocycles. The molecule has 24 heavy (non-hydrogen) atoms. The van der Waals surface area contributed by atoms with E-state index in [1.165, 1.54) is 18.6 Å². The third-order valence-corrected chi connectivity index (χ3v) is 3.10. The van der Waals surface area contributed by atoms with Crippen molar-refractivity contribution in [3.63, 3.8) is 0 Å². The Morgan fingerprint density at radius 1 is 0.833 bits per heavy atom. The Balaban J connectivity index is 1.56. The van der Waals surface area contributed by atoms with Crippen LogP contribution in [0.1, 0.15) is 16.3 Å². The number of furan rings is 2. The summed E-state index contributed by atoms with van der Waals surface area (Å²) in [7, 11) is 0. The molecule has 0 spiro atoms. The first-order chi connectivity index (χ1) is 11.7. The third kappa shape index (κ3) is 4.01. The van der Waals surface area contributed by atoms with Gasteiger partial charge in [0, 0.05) is 17.5 Å². The highest BCUT2D eigenvalue weighted by atomic mass is 16.3. The van der Waals surface area contributed by atoms with Crippen molar-refractivity contribution in [3.8, 4) is 0 Å². The van der Waals surface area contributed by atoms with E-state index in [0.29, 0.717) is 17.1 Å². The fourth-order valence-corrected chi connectivity index (χ4v) is 1.97. The van der Waals surface area contributed by atoms with Crippen LogP contribution in [0.25, 0.3) is 6.08 Å². The first-order valence-corrected chi connectivity index (χ1v) is 7.18. The molecule has 3 rings (SSSR count). The first-order valence-electron chi connectivity index (χ1n) is 7.18. The number of nitrogens with one attached hydrogen (secondary N) is 2. The van der Waals surface area contributed by atoms with Crippen molar-refractivity contribution in [3.05, 3.63) is 78.7 Å². The van der Waals surface area contributed by atoms with Crippen LogP contribution in [-0.4, -0.2) is 11.8 Å². The lowest BCUT2D eigenvalue weighted by Gasteiger charge is -2.05. The Kier molecular flexibility index (Phi) is 4.57. The van der Waals surface area contributed by atoms with Gasteiger partial charge in [0.1, 0.15) is 5.76 Å². The molecule has 6 nitrogen and oxygen atoms in total. The standard InChI is InChI=1S/C18H14N2O4/c21-17(10-9-15-3-1-11-23-15)19-13-5-7-14(8-6-13)20-18(22)16-4-2-12-24-16/h1-12H,(H,19,21)(H,20,22)/b10-9+. The van der Waals surface area contributed by atoms with Crippen LogP contribution in [0.5, 0.6) is 0 Å². The lowest BCUT2D eigenvalue weighted by Crippen LogP contribution is -2.11. The number of hydrogen-bond acceptors (Lipinski definition) is 4. The van der Waals surface area contributed by atoms with E-state index in [0.717, 1.165) is 0 Å². The number of amides is 2. The molecule has 0 aliphatic rings. The highest BCUT2D eigenvalue weighted by molar-refractivity contribution is 6.03. The maximum atomic E-state index is 11.8. The van der Waals surface area contributed by atoms with Gasteiger partial charge in [-0.1, -0.05) is 0 Å². The van der Waals surface area contributed by atoms with E-state index >= 15 is 0 Å². The van der Waals surface area contributed by atoms with Crippen LogP contribution in [0.2, 0.25) is 0 Å². The number of benzene rings is 1. The Bertz CT molecular complexity index is 832. The molecule has 0 unspecified atom stereocenters. The zero-order chi connectivity index (χ0) is 16.8. The Morgan fingerprint density at radius 3 is 2.12 bits per heavy atom. The van der Waals surface area contributed by atoms with Gasteiger partial charge in [0.15, 0.2) is 5.76 Å². The smallest absolute Gasteiger partial charge is 0.291 e. The topological polar surface area (TPSA) is 84.5 Å². The van der Waals surface area contributed by atoms with Gasteiger partial charge < -0.3 is 19.5 Å². The maximum Gasteiger partial charge on any atom is 0.291 e. The normalized spacial score (nSPS) is 10.7. The number of hydrogen-bond donors (Lipinski definition) is 2. The Labute approximate surface area is 137 Å². The van der Waals surface area contributed by atoms with E-state index in [-0.39, 0.29) is 17.6 Å². The summed E-state index contributed by atoms with van der Waals surface area (Å²) in [6.07, 6.45) is 5.93. The molecule has 0 saturated carbocycles. The van der Waals surface area contributed by atoms with Gasteiger partial charge in [-0.25, -0.2) is 0 Å². The molecule has 0 bridgehead atoms. The second kappa shape index (κ2) is 7.15. The molecule has 0 saturated heterocycles. The fraction of sp³-hybridized carbons (Fsp3) is 0. The molecule has 0 atom stereocenters. The van der Waals surface area contributed by atoms with Gasteiger partial charge in [0.05, 0.1) is 12.5 Å². The van der Waals surface area contributed by atoms with Gasteiger partial charge in [-0.05, 0) is 54.6 Å². The van der Waals surface area contributed by atoms with Crippen molar-refractivity contribution in [1.82, 2.24) is 0 Å². The van der Waals surface area contributed by atoms with Crippen molar-refractivity contribution < 1.29 is 18.4 Å². The summed E-state index contributed by atoms with van der Waals surface area (Å²) in [6, 6.07) is 13.5. The molecule has 0 aliphatic carbocycles. The molecule has 3 aromatic rings. The maximum absolute atomic E-state index is 11.8. The number of rotatable bonds is 5. The molecule has 2 amide bonds. The summed E-state index contributed by atoms with van der Waals surface area (Å²) >= 11 is 0. The van der Waals surface area contributed by atoms with Gasteiger partial charge in [-0.3, -0.25) is 9.59 Å². The minimum atomic E-state index is -0.335. The molecule has 6 heteroatoms. The van der Waals surface area contributed by atoms with E-state index in [4.69, 9.17) is 8.83 Å². The van der Waals surface area contributed by atoms with Crippen LogP contribution in [0.3, 0.4) is 0 Å². The summed E-state index contributed by atoms with van der Waals surface area (Å²) in [4.78, 5) is 23.6. The Hall–Kier alpha value is -3.54. The molecular weight excluding hydrogens is 308 g/mol. The van der Waals surface area contributed by atoms with E-state index in [2.05, 4.69) is 10.6 Å².